The minimum atomic E-state index is 0.158. The molecule has 1 fully saturated rings. The number of amides is 1. The summed E-state index contributed by atoms with van der Waals surface area (Å²) in [4.78, 5) is 14.3. The van der Waals surface area contributed by atoms with Gasteiger partial charge in [0.1, 0.15) is 0 Å². The summed E-state index contributed by atoms with van der Waals surface area (Å²) < 4.78 is 2.14. The molecule has 1 amide bonds. The summed E-state index contributed by atoms with van der Waals surface area (Å²) >= 11 is 0. The van der Waals surface area contributed by atoms with Crippen molar-refractivity contribution in [2.24, 2.45) is 13.0 Å². The number of likely N-dealkylation sites (tertiary alicyclic amines) is 1. The molecule has 4 nitrogen and oxygen atoms in total. The molecule has 1 aliphatic heterocycles. The summed E-state index contributed by atoms with van der Waals surface area (Å²) in [5, 5.41) is 4.22. The molecule has 0 bridgehead atoms. The second-order valence-electron chi connectivity index (χ2n) is 5.94. The van der Waals surface area contributed by atoms with Crippen LogP contribution in [-0.2, 0) is 18.4 Å². The van der Waals surface area contributed by atoms with Crippen LogP contribution < -0.4 is 5.32 Å². The Bertz CT molecular complexity index is 647. The van der Waals surface area contributed by atoms with Gasteiger partial charge < -0.3 is 9.88 Å². The molecular formula is C17H23N3O. The van der Waals surface area contributed by atoms with Crippen molar-refractivity contribution < 1.29 is 4.79 Å². The highest BCUT2D eigenvalue weighted by Crippen LogP contribution is 2.21. The van der Waals surface area contributed by atoms with Gasteiger partial charge in [-0.15, -0.1) is 0 Å². The fourth-order valence-corrected chi connectivity index (χ4v) is 3.20. The molecule has 1 aliphatic rings. The molecule has 0 radical (unpaired) electrons. The second-order valence-corrected chi connectivity index (χ2v) is 5.94. The molecule has 0 saturated carbocycles. The molecule has 1 unspecified atom stereocenters. The molecule has 1 atom stereocenters. The molecule has 112 valence electrons. The van der Waals surface area contributed by atoms with E-state index < -0.39 is 0 Å². The third kappa shape index (κ3) is 2.95. The number of benzene rings is 1. The van der Waals surface area contributed by atoms with Crippen molar-refractivity contribution in [3.63, 3.8) is 0 Å². The van der Waals surface area contributed by atoms with Crippen LogP contribution in [0.2, 0.25) is 0 Å². The topological polar surface area (TPSA) is 37.3 Å². The van der Waals surface area contributed by atoms with Crippen molar-refractivity contribution >= 4 is 16.8 Å². The lowest BCUT2D eigenvalue weighted by molar-refractivity contribution is -0.124. The van der Waals surface area contributed by atoms with Crippen LogP contribution in [0.3, 0.4) is 0 Å². The van der Waals surface area contributed by atoms with Gasteiger partial charge in [0.2, 0.25) is 5.91 Å². The summed E-state index contributed by atoms with van der Waals surface area (Å²) in [6.07, 6.45) is 3.06. The normalized spacial score (nSPS) is 19.2. The average molecular weight is 285 g/mol. The molecular weight excluding hydrogens is 262 g/mol. The number of carbonyl (C=O) groups excluding carboxylic acids is 1. The number of hydrogen-bond acceptors (Lipinski definition) is 2. The first-order chi connectivity index (χ1) is 10.2. The predicted molar refractivity (Wildman–Crippen MR) is 85.0 cm³/mol. The lowest BCUT2D eigenvalue weighted by Crippen LogP contribution is -2.32. The smallest absolute Gasteiger partial charge is 0.224 e. The van der Waals surface area contributed by atoms with Crippen LogP contribution in [0.15, 0.2) is 30.5 Å². The van der Waals surface area contributed by atoms with E-state index in [0.717, 1.165) is 32.6 Å². The molecule has 4 heteroatoms. The van der Waals surface area contributed by atoms with Crippen LogP contribution in [-0.4, -0.2) is 35.0 Å². The van der Waals surface area contributed by atoms with Crippen LogP contribution >= 0.6 is 0 Å². The average Bonchev–Trinajstić information content (AvgIpc) is 3.07. The summed E-state index contributed by atoms with van der Waals surface area (Å²) in [6, 6.07) is 8.79. The van der Waals surface area contributed by atoms with Crippen LogP contribution in [0.1, 0.15) is 18.9 Å². The van der Waals surface area contributed by atoms with E-state index in [0.29, 0.717) is 0 Å². The first-order valence-electron chi connectivity index (χ1n) is 7.71. The summed E-state index contributed by atoms with van der Waals surface area (Å²) in [7, 11) is 2.07. The van der Waals surface area contributed by atoms with Gasteiger partial charge in [-0.05, 0) is 49.0 Å². The maximum Gasteiger partial charge on any atom is 0.224 e. The van der Waals surface area contributed by atoms with E-state index >= 15 is 0 Å². The SMILES string of the molecule is CCNC(=O)C1CCN(Cc2ccc3c(ccn3C)c2)C1. The number of hydrogen-bond donors (Lipinski definition) is 1. The monoisotopic (exact) mass is 285 g/mol. The van der Waals surface area contributed by atoms with Crippen molar-refractivity contribution in [2.45, 2.75) is 19.9 Å². The Morgan fingerprint density at radius 2 is 2.24 bits per heavy atom. The van der Waals surface area contributed by atoms with E-state index in [1.165, 1.54) is 16.5 Å². The number of aromatic nitrogens is 1. The molecule has 3 rings (SSSR count). The third-order valence-corrected chi connectivity index (χ3v) is 4.35. The number of fused-ring (bicyclic) bond motifs is 1. The van der Waals surface area contributed by atoms with E-state index in [-0.39, 0.29) is 11.8 Å². The zero-order chi connectivity index (χ0) is 14.8. The fraction of sp³-hybridized carbons (Fsp3) is 0.471. The Morgan fingerprint density at radius 1 is 1.38 bits per heavy atom. The number of nitrogens with zero attached hydrogens (tertiary/aromatic N) is 2. The maximum atomic E-state index is 11.9. The van der Waals surface area contributed by atoms with Crippen LogP contribution in [0.25, 0.3) is 10.9 Å². The van der Waals surface area contributed by atoms with E-state index in [1.807, 2.05) is 6.92 Å². The number of carbonyl (C=O) groups is 1. The summed E-state index contributed by atoms with van der Waals surface area (Å²) in [6.45, 7) is 5.51. The van der Waals surface area contributed by atoms with Gasteiger partial charge in [0.05, 0.1) is 5.92 Å². The first kappa shape index (κ1) is 14.1. The van der Waals surface area contributed by atoms with Gasteiger partial charge in [0.25, 0.3) is 0 Å². The summed E-state index contributed by atoms with van der Waals surface area (Å²) in [5.41, 5.74) is 2.59. The van der Waals surface area contributed by atoms with E-state index in [4.69, 9.17) is 0 Å². The van der Waals surface area contributed by atoms with Gasteiger partial charge >= 0.3 is 0 Å². The Morgan fingerprint density at radius 3 is 3.05 bits per heavy atom. The van der Waals surface area contributed by atoms with Gasteiger partial charge in [-0.25, -0.2) is 0 Å². The molecule has 2 heterocycles. The van der Waals surface area contributed by atoms with Crippen molar-refractivity contribution in [1.82, 2.24) is 14.8 Å². The Labute approximate surface area is 125 Å². The summed E-state index contributed by atoms with van der Waals surface area (Å²) in [5.74, 6) is 0.365. The lowest BCUT2D eigenvalue weighted by atomic mass is 10.1. The van der Waals surface area contributed by atoms with Crippen molar-refractivity contribution in [3.05, 3.63) is 36.0 Å². The minimum Gasteiger partial charge on any atom is -0.356 e. The van der Waals surface area contributed by atoms with Gasteiger partial charge in [-0.1, -0.05) is 6.07 Å². The zero-order valence-electron chi connectivity index (χ0n) is 12.8. The molecule has 21 heavy (non-hydrogen) atoms. The van der Waals surface area contributed by atoms with Gasteiger partial charge in [0, 0.05) is 38.4 Å². The highest BCUT2D eigenvalue weighted by Gasteiger charge is 2.27. The third-order valence-electron chi connectivity index (χ3n) is 4.35. The minimum absolute atomic E-state index is 0.158. The number of rotatable bonds is 4. The Hall–Kier alpha value is -1.81. The van der Waals surface area contributed by atoms with E-state index in [1.54, 1.807) is 0 Å². The zero-order valence-corrected chi connectivity index (χ0v) is 12.8. The van der Waals surface area contributed by atoms with Gasteiger partial charge in [0.15, 0.2) is 0 Å². The van der Waals surface area contributed by atoms with Gasteiger partial charge in [-0.3, -0.25) is 9.69 Å². The van der Waals surface area contributed by atoms with Crippen molar-refractivity contribution in [2.75, 3.05) is 19.6 Å². The predicted octanol–water partition coefficient (Wildman–Crippen LogP) is 2.14. The van der Waals surface area contributed by atoms with Crippen molar-refractivity contribution in [3.8, 4) is 0 Å². The standard InChI is InChI=1S/C17H23N3O/c1-3-18-17(21)15-7-9-20(12-15)11-13-4-5-16-14(10-13)6-8-19(16)2/h4-6,8,10,15H,3,7,9,11-12H2,1-2H3,(H,18,21). The first-order valence-corrected chi connectivity index (χ1v) is 7.71. The second kappa shape index (κ2) is 5.90. The van der Waals surface area contributed by atoms with Gasteiger partial charge in [-0.2, -0.15) is 0 Å². The fourth-order valence-electron chi connectivity index (χ4n) is 3.20. The van der Waals surface area contributed by atoms with E-state index in [9.17, 15) is 4.79 Å². The van der Waals surface area contributed by atoms with Crippen molar-refractivity contribution in [1.29, 1.82) is 0 Å². The van der Waals surface area contributed by atoms with E-state index in [2.05, 4.69) is 52.3 Å². The Kier molecular flexibility index (Phi) is 3.97. The molecule has 1 aromatic carbocycles. The highest BCUT2D eigenvalue weighted by atomic mass is 16.1. The van der Waals surface area contributed by atoms with Crippen LogP contribution in [0.5, 0.6) is 0 Å². The van der Waals surface area contributed by atoms with Crippen LogP contribution in [0, 0.1) is 5.92 Å². The molecule has 0 aliphatic carbocycles. The van der Waals surface area contributed by atoms with Crippen LogP contribution in [0.4, 0.5) is 0 Å². The molecule has 1 N–H and O–H groups in total. The number of nitrogens with one attached hydrogen (secondary N) is 1. The number of aryl methyl sites for hydroxylation is 1. The largest absolute Gasteiger partial charge is 0.356 e. The highest BCUT2D eigenvalue weighted by molar-refractivity contribution is 5.81. The Balaban J connectivity index is 1.65. The molecule has 0 spiro atoms. The maximum absolute atomic E-state index is 11.9. The molecule has 1 saturated heterocycles. The molecule has 1 aromatic heterocycles. The molecule has 2 aromatic rings. The quantitative estimate of drug-likeness (QED) is 0.934. The lowest BCUT2D eigenvalue weighted by Gasteiger charge is -2.16.